The van der Waals surface area contributed by atoms with Crippen molar-refractivity contribution in [2.75, 3.05) is 26.3 Å². The molecule has 2 unspecified atom stereocenters. The second-order valence-corrected chi connectivity index (χ2v) is 9.35. The van der Waals surface area contributed by atoms with E-state index in [9.17, 15) is 14.4 Å². The number of likely N-dealkylation sites (tertiary alicyclic amines) is 1. The highest BCUT2D eigenvalue weighted by Gasteiger charge is 2.75. The first-order chi connectivity index (χ1) is 15.3. The number of unbranched alkanes of at least 4 members (excludes halogenated alkanes) is 3. The highest BCUT2D eigenvalue weighted by molar-refractivity contribution is 5.98. The molecule has 3 fully saturated rings. The first-order valence-electron chi connectivity index (χ1n) is 12.0. The van der Waals surface area contributed by atoms with E-state index in [0.29, 0.717) is 25.9 Å². The number of rotatable bonds is 12. The zero-order valence-electron chi connectivity index (χ0n) is 19.6. The van der Waals surface area contributed by atoms with E-state index in [1.54, 1.807) is 22.8 Å². The van der Waals surface area contributed by atoms with E-state index in [0.717, 1.165) is 25.7 Å². The fraction of sp³-hybridized carbons (Fsp3) is 0.792. The van der Waals surface area contributed by atoms with Crippen LogP contribution < -0.4 is 0 Å². The summed E-state index contributed by atoms with van der Waals surface area (Å²) in [7, 11) is 0. The number of aliphatic hydroxyl groups is 1. The summed E-state index contributed by atoms with van der Waals surface area (Å²) < 4.78 is 11.7. The summed E-state index contributed by atoms with van der Waals surface area (Å²) in [6, 6.07) is -0.804. The standard InChI is InChI=1S/C24H38N2O6/c1-5-13-25(16(3)4)22(29)20-24-12-11-17(32-24)18(23(30)31-6-2)19(24)21(28)26(20)14-9-7-8-10-15-27/h5,16-20,27H,1,6-15H2,2-4H3/t17-,18+,19-,20?,24?/m0/s1. The van der Waals surface area contributed by atoms with Gasteiger partial charge in [0.25, 0.3) is 0 Å². The minimum Gasteiger partial charge on any atom is -0.466 e. The van der Waals surface area contributed by atoms with Gasteiger partial charge in [-0.2, -0.15) is 0 Å². The topological polar surface area (TPSA) is 96.4 Å². The fourth-order valence-electron chi connectivity index (χ4n) is 5.78. The normalized spacial score (nSPS) is 30.7. The minimum atomic E-state index is -0.977. The Kier molecular flexibility index (Phi) is 7.98. The Balaban J connectivity index is 1.93. The van der Waals surface area contributed by atoms with E-state index < -0.39 is 29.4 Å². The van der Waals surface area contributed by atoms with E-state index >= 15 is 0 Å². The van der Waals surface area contributed by atoms with Crippen molar-refractivity contribution >= 4 is 17.8 Å². The van der Waals surface area contributed by atoms with Gasteiger partial charge in [0.1, 0.15) is 11.6 Å². The lowest BCUT2D eigenvalue weighted by atomic mass is 9.70. The molecule has 32 heavy (non-hydrogen) atoms. The Morgan fingerprint density at radius 1 is 1.34 bits per heavy atom. The quantitative estimate of drug-likeness (QED) is 0.277. The van der Waals surface area contributed by atoms with Crippen LogP contribution in [0.25, 0.3) is 0 Å². The minimum absolute atomic E-state index is 0.0584. The molecular formula is C24H38N2O6. The van der Waals surface area contributed by atoms with Crippen molar-refractivity contribution in [1.82, 2.24) is 9.80 Å². The van der Waals surface area contributed by atoms with Crippen LogP contribution in [0, 0.1) is 11.8 Å². The highest BCUT2D eigenvalue weighted by atomic mass is 16.6. The molecule has 0 radical (unpaired) electrons. The zero-order chi connectivity index (χ0) is 23.5. The van der Waals surface area contributed by atoms with E-state index in [1.165, 1.54) is 0 Å². The number of carbonyl (C=O) groups is 3. The molecule has 3 aliphatic rings. The van der Waals surface area contributed by atoms with Gasteiger partial charge in [-0.15, -0.1) is 6.58 Å². The van der Waals surface area contributed by atoms with Crippen molar-refractivity contribution in [3.63, 3.8) is 0 Å². The first kappa shape index (κ1) is 24.7. The Labute approximate surface area is 190 Å². The fourth-order valence-corrected chi connectivity index (χ4v) is 5.78. The molecule has 8 heteroatoms. The smallest absolute Gasteiger partial charge is 0.312 e. The second-order valence-electron chi connectivity index (χ2n) is 9.35. The summed E-state index contributed by atoms with van der Waals surface area (Å²) in [5, 5.41) is 9.02. The van der Waals surface area contributed by atoms with E-state index in [1.807, 2.05) is 13.8 Å². The Morgan fingerprint density at radius 3 is 2.69 bits per heavy atom. The maximum absolute atomic E-state index is 13.9. The van der Waals surface area contributed by atoms with Gasteiger partial charge in [-0.25, -0.2) is 0 Å². The van der Waals surface area contributed by atoms with Crippen molar-refractivity contribution in [2.24, 2.45) is 11.8 Å². The van der Waals surface area contributed by atoms with Gasteiger partial charge in [0.05, 0.1) is 24.5 Å². The molecule has 0 aromatic carbocycles. The third-order valence-corrected chi connectivity index (χ3v) is 7.13. The van der Waals surface area contributed by atoms with Crippen LogP contribution in [-0.2, 0) is 23.9 Å². The van der Waals surface area contributed by atoms with Gasteiger partial charge in [0.15, 0.2) is 0 Å². The average Bonchev–Trinajstić information content (AvgIpc) is 3.39. The lowest BCUT2D eigenvalue weighted by molar-refractivity contribution is -0.155. The maximum atomic E-state index is 13.9. The molecule has 2 amide bonds. The molecule has 2 bridgehead atoms. The Hall–Kier alpha value is -1.93. The van der Waals surface area contributed by atoms with E-state index in [2.05, 4.69) is 6.58 Å². The van der Waals surface area contributed by atoms with Crippen molar-refractivity contribution in [3.8, 4) is 0 Å². The molecule has 0 saturated carbocycles. The third kappa shape index (κ3) is 4.19. The van der Waals surface area contributed by atoms with E-state index in [-0.39, 0.29) is 37.2 Å². The zero-order valence-corrected chi connectivity index (χ0v) is 19.6. The number of ether oxygens (including phenoxy) is 2. The van der Waals surface area contributed by atoms with Gasteiger partial charge in [-0.3, -0.25) is 14.4 Å². The van der Waals surface area contributed by atoms with Gasteiger partial charge in [-0.1, -0.05) is 18.9 Å². The van der Waals surface area contributed by atoms with Crippen LogP contribution >= 0.6 is 0 Å². The second kappa shape index (κ2) is 10.3. The van der Waals surface area contributed by atoms with Crippen LogP contribution in [0.3, 0.4) is 0 Å². The van der Waals surface area contributed by atoms with Gasteiger partial charge in [-0.05, 0) is 46.5 Å². The van der Waals surface area contributed by atoms with E-state index in [4.69, 9.17) is 14.6 Å². The summed E-state index contributed by atoms with van der Waals surface area (Å²) in [6.07, 6.45) is 5.72. The maximum Gasteiger partial charge on any atom is 0.312 e. The van der Waals surface area contributed by atoms with Crippen LogP contribution in [0.15, 0.2) is 12.7 Å². The third-order valence-electron chi connectivity index (χ3n) is 7.13. The van der Waals surface area contributed by atoms with Crippen LogP contribution in [0.4, 0.5) is 0 Å². The number of fused-ring (bicyclic) bond motifs is 1. The number of aliphatic hydroxyl groups excluding tert-OH is 1. The molecule has 0 aliphatic carbocycles. The van der Waals surface area contributed by atoms with Crippen molar-refractivity contribution in [2.45, 2.75) is 83.1 Å². The number of amides is 2. The lowest BCUT2D eigenvalue weighted by Gasteiger charge is -2.38. The van der Waals surface area contributed by atoms with Gasteiger partial charge >= 0.3 is 5.97 Å². The molecule has 1 spiro atoms. The van der Waals surface area contributed by atoms with Crippen molar-refractivity contribution in [3.05, 3.63) is 12.7 Å². The molecule has 8 nitrogen and oxygen atoms in total. The van der Waals surface area contributed by atoms with Crippen molar-refractivity contribution < 1.29 is 29.0 Å². The van der Waals surface area contributed by atoms with Gasteiger partial charge < -0.3 is 24.4 Å². The summed E-state index contributed by atoms with van der Waals surface area (Å²) in [4.78, 5) is 43.7. The predicted octanol–water partition coefficient (Wildman–Crippen LogP) is 1.90. The largest absolute Gasteiger partial charge is 0.466 e. The van der Waals surface area contributed by atoms with Crippen LogP contribution in [0.2, 0.25) is 0 Å². The van der Waals surface area contributed by atoms with Crippen LogP contribution in [-0.4, -0.2) is 82.8 Å². The highest BCUT2D eigenvalue weighted by Crippen LogP contribution is 2.58. The molecule has 0 aromatic rings. The monoisotopic (exact) mass is 450 g/mol. The summed E-state index contributed by atoms with van der Waals surface area (Å²) in [5.74, 6) is -2.05. The van der Waals surface area contributed by atoms with Gasteiger partial charge in [0, 0.05) is 25.7 Å². The molecule has 3 heterocycles. The van der Waals surface area contributed by atoms with Crippen molar-refractivity contribution in [1.29, 1.82) is 0 Å². The van der Waals surface area contributed by atoms with Gasteiger partial charge in [0.2, 0.25) is 11.8 Å². The van der Waals surface area contributed by atoms with Crippen LogP contribution in [0.1, 0.15) is 59.3 Å². The summed E-state index contributed by atoms with van der Waals surface area (Å²) in [5.41, 5.74) is -0.977. The Morgan fingerprint density at radius 2 is 2.06 bits per heavy atom. The molecule has 3 saturated heterocycles. The molecule has 5 atom stereocenters. The molecule has 3 rings (SSSR count). The first-order valence-corrected chi connectivity index (χ1v) is 12.0. The average molecular weight is 451 g/mol. The lowest BCUT2D eigenvalue weighted by Crippen LogP contribution is -2.57. The SMILES string of the molecule is C=CCN(C(=O)C1N(CCCCCCO)C(=O)[C@@H]2[C@H](C(=O)OCC)[C@@H]3CCC12O3)C(C)C. The summed E-state index contributed by atoms with van der Waals surface area (Å²) in [6.45, 7) is 10.6. The number of esters is 1. The molecule has 1 N–H and O–H groups in total. The molecule has 3 aliphatic heterocycles. The number of hydrogen-bond acceptors (Lipinski definition) is 6. The molecular weight excluding hydrogens is 412 g/mol. The molecule has 180 valence electrons. The molecule has 0 aromatic heterocycles. The van der Waals surface area contributed by atoms with Crippen LogP contribution in [0.5, 0.6) is 0 Å². The number of hydrogen-bond donors (Lipinski definition) is 1. The summed E-state index contributed by atoms with van der Waals surface area (Å²) >= 11 is 0. The number of nitrogens with zero attached hydrogens (tertiary/aromatic N) is 2. The Bertz CT molecular complexity index is 725. The predicted molar refractivity (Wildman–Crippen MR) is 119 cm³/mol. The number of carbonyl (C=O) groups excluding carboxylic acids is 3.